The molecule has 0 aliphatic heterocycles. The van der Waals surface area contributed by atoms with Crippen molar-refractivity contribution < 1.29 is 26.7 Å². The number of halogens is 1. The summed E-state index contributed by atoms with van der Waals surface area (Å²) in [5, 5.41) is 9.72. The number of likely N-dealkylation sites (N-methyl/N-ethyl adjacent to an activating group) is 1. The number of aliphatic hydroxyl groups excluding tert-OH is 1. The fourth-order valence-electron chi connectivity index (χ4n) is 1.57. The molecule has 0 fully saturated rings. The average Bonchev–Trinajstić information content (AvgIpc) is 2.16. The van der Waals surface area contributed by atoms with Gasteiger partial charge >= 0.3 is 0 Å². The molecule has 1 aromatic carbocycles. The minimum Gasteiger partial charge on any atom is -1.00 e. The first-order chi connectivity index (χ1) is 7.47. The molecular formula is C13H22ClNO2. The Morgan fingerprint density at radius 1 is 1.18 bits per heavy atom. The molecule has 4 heteroatoms. The van der Waals surface area contributed by atoms with E-state index in [0.29, 0.717) is 19.8 Å². The molecular weight excluding hydrogens is 238 g/mol. The Balaban J connectivity index is 0.00000256. The van der Waals surface area contributed by atoms with Crippen LogP contribution in [0.1, 0.15) is 5.56 Å². The monoisotopic (exact) mass is 259 g/mol. The standard InChI is InChI=1S/C13H22NO2.ClH/c1-14(2,3)9-13(15)11-16-10-12-7-5-4-6-8-12;/h4-8,13,15H,9-11H2,1-3H3;1H/q+1;/p-1. The number of aliphatic hydroxyl groups is 1. The van der Waals surface area contributed by atoms with Gasteiger partial charge in [-0.05, 0) is 5.56 Å². The highest BCUT2D eigenvalue weighted by Gasteiger charge is 2.15. The van der Waals surface area contributed by atoms with Crippen LogP contribution in [0.15, 0.2) is 30.3 Å². The van der Waals surface area contributed by atoms with Gasteiger partial charge in [0.15, 0.2) is 0 Å². The van der Waals surface area contributed by atoms with Crippen LogP contribution >= 0.6 is 0 Å². The van der Waals surface area contributed by atoms with Crippen molar-refractivity contribution in [2.75, 3.05) is 34.3 Å². The number of quaternary nitrogens is 1. The first kappa shape index (κ1) is 16.4. The van der Waals surface area contributed by atoms with Crippen LogP contribution in [0.5, 0.6) is 0 Å². The van der Waals surface area contributed by atoms with Gasteiger partial charge in [-0.25, -0.2) is 0 Å². The third-order valence-electron chi connectivity index (χ3n) is 2.18. The van der Waals surface area contributed by atoms with E-state index in [1.807, 2.05) is 30.3 Å². The largest absolute Gasteiger partial charge is 1.00 e. The molecule has 0 spiro atoms. The molecule has 0 heterocycles. The van der Waals surface area contributed by atoms with Gasteiger partial charge in [-0.1, -0.05) is 30.3 Å². The van der Waals surface area contributed by atoms with E-state index in [4.69, 9.17) is 4.74 Å². The quantitative estimate of drug-likeness (QED) is 0.616. The number of hydrogen-bond donors (Lipinski definition) is 1. The van der Waals surface area contributed by atoms with Crippen molar-refractivity contribution in [3.8, 4) is 0 Å². The molecule has 3 nitrogen and oxygen atoms in total. The average molecular weight is 260 g/mol. The molecule has 17 heavy (non-hydrogen) atoms. The smallest absolute Gasteiger partial charge is 0.126 e. The van der Waals surface area contributed by atoms with Crippen molar-refractivity contribution in [3.05, 3.63) is 35.9 Å². The van der Waals surface area contributed by atoms with Crippen molar-refractivity contribution >= 4 is 0 Å². The molecule has 0 saturated heterocycles. The minimum atomic E-state index is -0.399. The van der Waals surface area contributed by atoms with Gasteiger partial charge in [0.05, 0.1) is 34.4 Å². The lowest BCUT2D eigenvalue weighted by atomic mass is 10.2. The van der Waals surface area contributed by atoms with Crippen LogP contribution in [0, 0.1) is 0 Å². The number of nitrogens with zero attached hydrogens (tertiary/aromatic N) is 1. The van der Waals surface area contributed by atoms with Crippen molar-refractivity contribution in [3.63, 3.8) is 0 Å². The number of benzene rings is 1. The Morgan fingerprint density at radius 3 is 2.29 bits per heavy atom. The molecule has 0 bridgehead atoms. The first-order valence-corrected chi connectivity index (χ1v) is 5.57. The fraction of sp³-hybridized carbons (Fsp3) is 0.538. The van der Waals surface area contributed by atoms with Crippen molar-refractivity contribution in [1.82, 2.24) is 0 Å². The molecule has 1 aromatic rings. The summed E-state index contributed by atoms with van der Waals surface area (Å²) >= 11 is 0. The Bertz CT molecular complexity index is 298. The van der Waals surface area contributed by atoms with Gasteiger partial charge in [0.25, 0.3) is 0 Å². The molecule has 98 valence electrons. The summed E-state index contributed by atoms with van der Waals surface area (Å²) in [7, 11) is 6.17. The van der Waals surface area contributed by atoms with E-state index in [1.165, 1.54) is 0 Å². The second kappa shape index (κ2) is 7.67. The number of ether oxygens (including phenoxy) is 1. The zero-order chi connectivity index (χ0) is 12.0. The molecule has 0 radical (unpaired) electrons. The second-order valence-electron chi connectivity index (χ2n) is 5.13. The fourth-order valence-corrected chi connectivity index (χ4v) is 1.57. The van der Waals surface area contributed by atoms with Crippen LogP contribution in [0.3, 0.4) is 0 Å². The minimum absolute atomic E-state index is 0. The van der Waals surface area contributed by atoms with E-state index in [2.05, 4.69) is 21.1 Å². The SMILES string of the molecule is C[N+](C)(C)CC(O)COCc1ccccc1.[Cl-]. The van der Waals surface area contributed by atoms with Crippen molar-refractivity contribution in [1.29, 1.82) is 0 Å². The van der Waals surface area contributed by atoms with Crippen LogP contribution in [0.2, 0.25) is 0 Å². The lowest BCUT2D eigenvalue weighted by Crippen LogP contribution is -3.00. The summed E-state index contributed by atoms with van der Waals surface area (Å²) in [5.41, 5.74) is 1.14. The third-order valence-corrected chi connectivity index (χ3v) is 2.18. The van der Waals surface area contributed by atoms with Gasteiger partial charge in [-0.3, -0.25) is 0 Å². The molecule has 0 aliphatic carbocycles. The normalized spacial score (nSPS) is 12.9. The first-order valence-electron chi connectivity index (χ1n) is 5.57. The number of hydrogen-bond acceptors (Lipinski definition) is 2. The zero-order valence-corrected chi connectivity index (χ0v) is 11.5. The highest BCUT2D eigenvalue weighted by atomic mass is 35.5. The van der Waals surface area contributed by atoms with Crippen LogP contribution < -0.4 is 12.4 Å². The molecule has 0 aromatic heterocycles. The van der Waals surface area contributed by atoms with Gasteiger partial charge in [0.2, 0.25) is 0 Å². The highest BCUT2D eigenvalue weighted by Crippen LogP contribution is 2.02. The molecule has 0 aliphatic rings. The summed E-state index contributed by atoms with van der Waals surface area (Å²) in [6.07, 6.45) is -0.399. The van der Waals surface area contributed by atoms with E-state index in [-0.39, 0.29) is 12.4 Å². The molecule has 1 unspecified atom stereocenters. The molecule has 1 rings (SSSR count). The summed E-state index contributed by atoms with van der Waals surface area (Å²) in [6, 6.07) is 10.00. The van der Waals surface area contributed by atoms with Crippen LogP contribution in [0.25, 0.3) is 0 Å². The second-order valence-corrected chi connectivity index (χ2v) is 5.13. The Morgan fingerprint density at radius 2 is 1.76 bits per heavy atom. The van der Waals surface area contributed by atoms with Crippen LogP contribution in [0.4, 0.5) is 0 Å². The van der Waals surface area contributed by atoms with E-state index in [9.17, 15) is 5.11 Å². The molecule has 0 amide bonds. The van der Waals surface area contributed by atoms with E-state index >= 15 is 0 Å². The summed E-state index contributed by atoms with van der Waals surface area (Å²) in [4.78, 5) is 0. The van der Waals surface area contributed by atoms with Gasteiger partial charge in [-0.2, -0.15) is 0 Å². The highest BCUT2D eigenvalue weighted by molar-refractivity contribution is 5.13. The van der Waals surface area contributed by atoms with E-state index < -0.39 is 6.10 Å². The predicted octanol–water partition coefficient (Wildman–Crippen LogP) is -1.73. The van der Waals surface area contributed by atoms with Gasteiger partial charge in [-0.15, -0.1) is 0 Å². The molecule has 1 atom stereocenters. The maximum atomic E-state index is 9.72. The molecule has 0 saturated carbocycles. The zero-order valence-electron chi connectivity index (χ0n) is 10.8. The van der Waals surface area contributed by atoms with Crippen LogP contribution in [-0.2, 0) is 11.3 Å². The lowest BCUT2D eigenvalue weighted by molar-refractivity contribution is -0.873. The maximum absolute atomic E-state index is 9.72. The van der Waals surface area contributed by atoms with Crippen LogP contribution in [-0.4, -0.2) is 50.0 Å². The summed E-state index contributed by atoms with van der Waals surface area (Å²) in [6.45, 7) is 1.66. The van der Waals surface area contributed by atoms with Gasteiger partial charge < -0.3 is 26.7 Å². The Kier molecular flexibility index (Phi) is 7.39. The van der Waals surface area contributed by atoms with Crippen molar-refractivity contribution in [2.45, 2.75) is 12.7 Å². The maximum Gasteiger partial charge on any atom is 0.126 e. The molecule has 1 N–H and O–H groups in total. The lowest BCUT2D eigenvalue weighted by Gasteiger charge is -2.26. The Labute approximate surface area is 110 Å². The summed E-state index contributed by atoms with van der Waals surface area (Å²) < 4.78 is 6.21. The summed E-state index contributed by atoms with van der Waals surface area (Å²) in [5.74, 6) is 0. The van der Waals surface area contributed by atoms with Gasteiger partial charge in [0.1, 0.15) is 12.6 Å². The van der Waals surface area contributed by atoms with Crippen molar-refractivity contribution in [2.24, 2.45) is 0 Å². The number of rotatable bonds is 6. The van der Waals surface area contributed by atoms with Gasteiger partial charge in [0, 0.05) is 0 Å². The Hall–Kier alpha value is -0.610. The third kappa shape index (κ3) is 8.16. The van der Waals surface area contributed by atoms with E-state index in [0.717, 1.165) is 10.0 Å². The predicted molar refractivity (Wildman–Crippen MR) is 65.0 cm³/mol. The topological polar surface area (TPSA) is 29.5 Å². The van der Waals surface area contributed by atoms with E-state index in [1.54, 1.807) is 0 Å².